The standard InChI is InChI=1S/C14H19N3O/c1-2-14(18)16-12-6-7-13(15-10-12)11-17-8-4-3-5-9-17/h2,6-7,10H,1,3-5,8-9,11H2,(H,16,18). The molecule has 2 heterocycles. The van der Waals surface area contributed by atoms with Gasteiger partial charge in [0.1, 0.15) is 0 Å². The van der Waals surface area contributed by atoms with Crippen LogP contribution in [0.3, 0.4) is 0 Å². The summed E-state index contributed by atoms with van der Waals surface area (Å²) in [5, 5.41) is 2.69. The van der Waals surface area contributed by atoms with Gasteiger partial charge in [0.15, 0.2) is 0 Å². The van der Waals surface area contributed by atoms with Crippen molar-refractivity contribution in [1.29, 1.82) is 0 Å². The molecule has 0 bridgehead atoms. The molecule has 1 aliphatic rings. The molecule has 0 aromatic carbocycles. The summed E-state index contributed by atoms with van der Waals surface area (Å²) < 4.78 is 0. The molecule has 1 N–H and O–H groups in total. The van der Waals surface area contributed by atoms with E-state index in [9.17, 15) is 4.79 Å². The van der Waals surface area contributed by atoms with Crippen LogP contribution in [-0.4, -0.2) is 28.9 Å². The van der Waals surface area contributed by atoms with Gasteiger partial charge in [0.25, 0.3) is 0 Å². The van der Waals surface area contributed by atoms with E-state index < -0.39 is 0 Å². The summed E-state index contributed by atoms with van der Waals surface area (Å²) in [6.45, 7) is 6.64. The first-order valence-corrected chi connectivity index (χ1v) is 6.38. The lowest BCUT2D eigenvalue weighted by molar-refractivity contribution is -0.111. The van der Waals surface area contributed by atoms with E-state index in [2.05, 4.69) is 21.8 Å². The monoisotopic (exact) mass is 245 g/mol. The molecule has 1 saturated heterocycles. The lowest BCUT2D eigenvalue weighted by Crippen LogP contribution is -2.29. The molecule has 1 aliphatic heterocycles. The van der Waals surface area contributed by atoms with Crippen molar-refractivity contribution in [3.05, 3.63) is 36.7 Å². The van der Waals surface area contributed by atoms with Crippen molar-refractivity contribution in [2.45, 2.75) is 25.8 Å². The van der Waals surface area contributed by atoms with Gasteiger partial charge < -0.3 is 5.32 Å². The highest BCUT2D eigenvalue weighted by Gasteiger charge is 2.10. The summed E-state index contributed by atoms with van der Waals surface area (Å²) in [5.74, 6) is -0.208. The molecule has 0 radical (unpaired) electrons. The van der Waals surface area contributed by atoms with Gasteiger partial charge in [-0.25, -0.2) is 0 Å². The molecule has 4 heteroatoms. The Morgan fingerprint density at radius 1 is 1.39 bits per heavy atom. The third-order valence-corrected chi connectivity index (χ3v) is 3.11. The molecule has 2 rings (SSSR count). The van der Waals surface area contributed by atoms with E-state index >= 15 is 0 Å². The van der Waals surface area contributed by atoms with Crippen LogP contribution < -0.4 is 5.32 Å². The van der Waals surface area contributed by atoms with Crippen molar-refractivity contribution in [3.8, 4) is 0 Å². The van der Waals surface area contributed by atoms with E-state index in [-0.39, 0.29) is 5.91 Å². The Labute approximate surface area is 108 Å². The fourth-order valence-electron chi connectivity index (χ4n) is 2.13. The number of nitrogens with one attached hydrogen (secondary N) is 1. The lowest BCUT2D eigenvalue weighted by atomic mass is 10.1. The Balaban J connectivity index is 1.90. The van der Waals surface area contributed by atoms with Gasteiger partial charge in [-0.05, 0) is 44.1 Å². The van der Waals surface area contributed by atoms with E-state index in [1.807, 2.05) is 12.1 Å². The SMILES string of the molecule is C=CC(=O)Nc1ccc(CN2CCCCC2)nc1. The number of amides is 1. The summed E-state index contributed by atoms with van der Waals surface area (Å²) in [4.78, 5) is 17.9. The first-order chi connectivity index (χ1) is 8.78. The minimum atomic E-state index is -0.208. The molecule has 1 fully saturated rings. The van der Waals surface area contributed by atoms with Gasteiger partial charge in [-0.3, -0.25) is 14.7 Å². The summed E-state index contributed by atoms with van der Waals surface area (Å²) >= 11 is 0. The predicted molar refractivity (Wildman–Crippen MR) is 72.2 cm³/mol. The summed E-state index contributed by atoms with van der Waals surface area (Å²) in [6, 6.07) is 3.85. The first-order valence-electron chi connectivity index (χ1n) is 6.38. The van der Waals surface area contributed by atoms with Crippen LogP contribution in [0, 0.1) is 0 Å². The number of aromatic nitrogens is 1. The number of pyridine rings is 1. The lowest BCUT2D eigenvalue weighted by Gasteiger charge is -2.25. The van der Waals surface area contributed by atoms with Gasteiger partial charge >= 0.3 is 0 Å². The Bertz CT molecular complexity index is 408. The number of hydrogen-bond donors (Lipinski definition) is 1. The number of piperidine rings is 1. The molecule has 18 heavy (non-hydrogen) atoms. The van der Waals surface area contributed by atoms with Gasteiger partial charge in [-0.15, -0.1) is 0 Å². The van der Waals surface area contributed by atoms with Crippen LogP contribution in [0.25, 0.3) is 0 Å². The van der Waals surface area contributed by atoms with E-state index in [0.29, 0.717) is 5.69 Å². The molecule has 0 aliphatic carbocycles. The zero-order valence-electron chi connectivity index (χ0n) is 10.6. The van der Waals surface area contributed by atoms with Crippen LogP contribution in [0.4, 0.5) is 5.69 Å². The van der Waals surface area contributed by atoms with E-state index in [1.54, 1.807) is 6.20 Å². The zero-order valence-corrected chi connectivity index (χ0v) is 10.6. The van der Waals surface area contributed by atoms with Crippen molar-refractivity contribution in [2.75, 3.05) is 18.4 Å². The molecule has 4 nitrogen and oxygen atoms in total. The second-order valence-electron chi connectivity index (χ2n) is 4.57. The molecule has 0 unspecified atom stereocenters. The van der Waals surface area contributed by atoms with Gasteiger partial charge in [-0.2, -0.15) is 0 Å². The second kappa shape index (κ2) is 6.31. The Morgan fingerprint density at radius 3 is 2.78 bits per heavy atom. The van der Waals surface area contributed by atoms with Crippen molar-refractivity contribution >= 4 is 11.6 Å². The van der Waals surface area contributed by atoms with E-state index in [0.717, 1.165) is 25.3 Å². The molecular weight excluding hydrogens is 226 g/mol. The molecule has 0 spiro atoms. The Kier molecular flexibility index (Phi) is 4.47. The maximum atomic E-state index is 11.1. The van der Waals surface area contributed by atoms with Crippen molar-refractivity contribution in [2.24, 2.45) is 0 Å². The minimum absolute atomic E-state index is 0.208. The Hall–Kier alpha value is -1.68. The predicted octanol–water partition coefficient (Wildman–Crippen LogP) is 2.19. The fourth-order valence-corrected chi connectivity index (χ4v) is 2.13. The number of hydrogen-bond acceptors (Lipinski definition) is 3. The zero-order chi connectivity index (χ0) is 12.8. The smallest absolute Gasteiger partial charge is 0.247 e. The molecule has 96 valence electrons. The molecular formula is C14H19N3O. The number of carbonyl (C=O) groups is 1. The van der Waals surface area contributed by atoms with Crippen molar-refractivity contribution in [3.63, 3.8) is 0 Å². The maximum absolute atomic E-state index is 11.1. The van der Waals surface area contributed by atoms with E-state index in [1.165, 1.54) is 25.3 Å². The summed E-state index contributed by atoms with van der Waals surface area (Å²) in [7, 11) is 0. The number of carbonyl (C=O) groups excluding carboxylic acids is 1. The number of rotatable bonds is 4. The number of anilines is 1. The number of likely N-dealkylation sites (tertiary alicyclic amines) is 1. The first kappa shape index (κ1) is 12.8. The normalized spacial score (nSPS) is 16.2. The second-order valence-corrected chi connectivity index (χ2v) is 4.57. The highest BCUT2D eigenvalue weighted by molar-refractivity contribution is 5.98. The maximum Gasteiger partial charge on any atom is 0.247 e. The van der Waals surface area contributed by atoms with Crippen LogP contribution in [0.15, 0.2) is 31.0 Å². The van der Waals surface area contributed by atoms with Crippen LogP contribution in [0.5, 0.6) is 0 Å². The Morgan fingerprint density at radius 2 is 2.17 bits per heavy atom. The van der Waals surface area contributed by atoms with Gasteiger partial charge in [0.2, 0.25) is 5.91 Å². The average Bonchev–Trinajstić information content (AvgIpc) is 2.42. The fraction of sp³-hybridized carbons (Fsp3) is 0.429. The van der Waals surface area contributed by atoms with Crippen LogP contribution in [0.2, 0.25) is 0 Å². The topological polar surface area (TPSA) is 45.2 Å². The quantitative estimate of drug-likeness (QED) is 0.827. The minimum Gasteiger partial charge on any atom is -0.321 e. The van der Waals surface area contributed by atoms with Crippen LogP contribution in [0.1, 0.15) is 25.0 Å². The third-order valence-electron chi connectivity index (χ3n) is 3.11. The van der Waals surface area contributed by atoms with E-state index in [4.69, 9.17) is 0 Å². The van der Waals surface area contributed by atoms with Gasteiger partial charge in [-0.1, -0.05) is 13.0 Å². The highest BCUT2D eigenvalue weighted by atomic mass is 16.1. The highest BCUT2D eigenvalue weighted by Crippen LogP contribution is 2.13. The summed E-state index contributed by atoms with van der Waals surface area (Å²) in [5.41, 5.74) is 1.76. The average molecular weight is 245 g/mol. The third kappa shape index (κ3) is 3.67. The van der Waals surface area contributed by atoms with Crippen molar-refractivity contribution < 1.29 is 4.79 Å². The molecule has 1 aromatic heterocycles. The molecule has 1 amide bonds. The number of nitrogens with zero attached hydrogens (tertiary/aromatic N) is 2. The molecule has 0 atom stereocenters. The van der Waals surface area contributed by atoms with Crippen molar-refractivity contribution in [1.82, 2.24) is 9.88 Å². The molecule has 0 saturated carbocycles. The van der Waals surface area contributed by atoms with Crippen LogP contribution in [-0.2, 0) is 11.3 Å². The summed E-state index contributed by atoms with van der Waals surface area (Å²) in [6.07, 6.45) is 6.86. The largest absolute Gasteiger partial charge is 0.321 e. The van der Waals surface area contributed by atoms with Gasteiger partial charge in [0.05, 0.1) is 17.6 Å². The van der Waals surface area contributed by atoms with Crippen LogP contribution >= 0.6 is 0 Å². The molecule has 1 aromatic rings. The van der Waals surface area contributed by atoms with Gasteiger partial charge in [0, 0.05) is 6.54 Å².